The van der Waals surface area contributed by atoms with Crippen LogP contribution < -0.4 is 21.1 Å². The number of rotatable bonds is 10. The van der Waals surface area contributed by atoms with E-state index in [4.69, 9.17) is 38.8 Å². The van der Waals surface area contributed by atoms with Crippen LogP contribution in [-0.2, 0) is 9.59 Å². The number of piperidine rings is 2. The highest BCUT2D eigenvalue weighted by molar-refractivity contribution is 6.36. The minimum Gasteiger partial charge on any atom is -0.482 e. The molecule has 1 aliphatic carbocycles. The van der Waals surface area contributed by atoms with Gasteiger partial charge in [0.2, 0.25) is 11.8 Å². The van der Waals surface area contributed by atoms with E-state index in [0.29, 0.717) is 22.3 Å². The van der Waals surface area contributed by atoms with E-state index in [-0.39, 0.29) is 46.9 Å². The minimum absolute atomic E-state index is 0.0821. The highest BCUT2D eigenvalue weighted by Gasteiger charge is 2.44. The predicted octanol–water partition coefficient (Wildman–Crippen LogP) is 6.82. The van der Waals surface area contributed by atoms with Gasteiger partial charge in [0, 0.05) is 65.3 Å². The average Bonchev–Trinajstić information content (AvgIpc) is 3.77. The van der Waals surface area contributed by atoms with Crippen molar-refractivity contribution < 1.29 is 28.3 Å². The number of pyridine rings is 1. The molecule has 0 bridgehead atoms. The minimum atomic E-state index is -0.987. The van der Waals surface area contributed by atoms with E-state index in [1.165, 1.54) is 12.1 Å². The third kappa shape index (κ3) is 7.95. The lowest BCUT2D eigenvalue weighted by molar-refractivity contribution is -0.136. The van der Waals surface area contributed by atoms with Gasteiger partial charge in [-0.25, -0.2) is 9.37 Å². The standard InChI is InChI=1S/C41H43Cl2FN8O5/c1-22(36-31(42)10-11-32(44)37(36)43)57-34-15-24(17-46-38(34)45)25-18-47-51(20-25)28-7-4-23(5-8-28)19-50-14-2-3-27(21-50)48-26-6-9-29-30(16-26)41(56)52(40(29)55)33-12-13-35(53)49-39(33)54/h6,9-11,15-18,20,22-23,27-28,33,48H,2-5,7-8,12-14,19,21H2,1H3,(H2,45,46)(H,49,53,54)/t22-,23?,27+,28?,33?/m1/s1. The predicted molar refractivity (Wildman–Crippen MR) is 213 cm³/mol. The molecule has 3 atom stereocenters. The number of ether oxygens (including phenoxy) is 1. The summed E-state index contributed by atoms with van der Waals surface area (Å²) in [5.41, 5.74) is 9.46. The van der Waals surface area contributed by atoms with Crippen molar-refractivity contribution in [2.24, 2.45) is 5.92 Å². The third-order valence-electron chi connectivity index (χ3n) is 11.6. The molecule has 57 heavy (non-hydrogen) atoms. The Kier molecular flexibility index (Phi) is 10.9. The first-order chi connectivity index (χ1) is 27.4. The number of nitrogens with zero attached hydrogens (tertiary/aromatic N) is 5. The van der Waals surface area contributed by atoms with Gasteiger partial charge >= 0.3 is 0 Å². The second-order valence-corrected chi connectivity index (χ2v) is 16.2. The van der Waals surface area contributed by atoms with Crippen LogP contribution in [0.25, 0.3) is 11.1 Å². The summed E-state index contributed by atoms with van der Waals surface area (Å²) in [6.45, 7) is 4.63. The summed E-state index contributed by atoms with van der Waals surface area (Å²) in [5.74, 6) is -1.53. The smallest absolute Gasteiger partial charge is 0.262 e. The van der Waals surface area contributed by atoms with Gasteiger partial charge in [-0.05, 0) is 101 Å². The number of imide groups is 2. The van der Waals surface area contributed by atoms with Crippen LogP contribution in [0.4, 0.5) is 15.9 Å². The van der Waals surface area contributed by atoms with Gasteiger partial charge in [-0.2, -0.15) is 5.10 Å². The molecule has 4 N–H and O–H groups in total. The van der Waals surface area contributed by atoms with Crippen LogP contribution in [0.2, 0.25) is 10.0 Å². The molecule has 3 fully saturated rings. The van der Waals surface area contributed by atoms with E-state index >= 15 is 0 Å². The Morgan fingerprint density at radius 2 is 1.77 bits per heavy atom. The Morgan fingerprint density at radius 3 is 2.56 bits per heavy atom. The van der Waals surface area contributed by atoms with Gasteiger partial charge in [0.15, 0.2) is 11.6 Å². The van der Waals surface area contributed by atoms with E-state index in [9.17, 15) is 23.6 Å². The number of halogens is 3. The van der Waals surface area contributed by atoms with Crippen molar-refractivity contribution in [2.45, 2.75) is 82.5 Å². The second kappa shape index (κ2) is 16.1. The van der Waals surface area contributed by atoms with Crippen LogP contribution in [0.5, 0.6) is 5.75 Å². The summed E-state index contributed by atoms with van der Waals surface area (Å²) in [4.78, 5) is 58.4. The van der Waals surface area contributed by atoms with Crippen LogP contribution in [0.15, 0.2) is 55.0 Å². The van der Waals surface area contributed by atoms with E-state index in [0.717, 1.165) is 79.9 Å². The maximum Gasteiger partial charge on any atom is 0.262 e. The molecule has 4 aromatic rings. The Labute approximate surface area is 339 Å². The number of hydrogen-bond acceptors (Lipinski definition) is 10. The fourth-order valence-corrected chi connectivity index (χ4v) is 9.33. The van der Waals surface area contributed by atoms with Crippen LogP contribution in [0.1, 0.15) is 96.7 Å². The van der Waals surface area contributed by atoms with Crippen LogP contribution in [0.3, 0.4) is 0 Å². The molecule has 4 amide bonds. The number of likely N-dealkylation sites (tertiary alicyclic amines) is 1. The van der Waals surface area contributed by atoms with Gasteiger partial charge in [0.05, 0.1) is 28.4 Å². The molecule has 0 radical (unpaired) electrons. The summed E-state index contributed by atoms with van der Waals surface area (Å²) in [5, 5.41) is 10.7. The Bertz CT molecular complexity index is 2240. The maximum absolute atomic E-state index is 14.2. The van der Waals surface area contributed by atoms with Crippen molar-refractivity contribution in [3.05, 3.63) is 87.5 Å². The van der Waals surface area contributed by atoms with E-state index in [2.05, 4.69) is 20.5 Å². The van der Waals surface area contributed by atoms with Crippen molar-refractivity contribution in [2.75, 3.05) is 30.7 Å². The van der Waals surface area contributed by atoms with Crippen LogP contribution in [-0.4, -0.2) is 79.9 Å². The van der Waals surface area contributed by atoms with Crippen molar-refractivity contribution in [1.82, 2.24) is 29.9 Å². The summed E-state index contributed by atoms with van der Waals surface area (Å²) in [6, 6.07) is 9.10. The maximum atomic E-state index is 14.2. The molecule has 5 heterocycles. The van der Waals surface area contributed by atoms with Crippen molar-refractivity contribution in [3.8, 4) is 16.9 Å². The number of nitrogen functional groups attached to an aromatic ring is 1. The Morgan fingerprint density at radius 1 is 0.982 bits per heavy atom. The van der Waals surface area contributed by atoms with Gasteiger partial charge in [-0.15, -0.1) is 0 Å². The second-order valence-electron chi connectivity index (χ2n) is 15.5. The number of nitrogens with one attached hydrogen (secondary N) is 2. The SMILES string of the molecule is C[C@@H](Oc1cc(-c2cnn(C3CCC(CN4CCC[C@H](Nc5ccc6c(c5)C(=O)N(C5CCC(=O)NC5=O)C6=O)C4)CC3)c2)cnc1N)c1c(Cl)ccc(F)c1Cl. The quantitative estimate of drug-likeness (QED) is 0.114. The van der Waals surface area contributed by atoms with Crippen LogP contribution >= 0.6 is 23.2 Å². The number of aromatic nitrogens is 3. The first-order valence-electron chi connectivity index (χ1n) is 19.4. The molecule has 1 unspecified atom stereocenters. The molecule has 298 valence electrons. The van der Waals surface area contributed by atoms with Crippen molar-refractivity contribution in [1.29, 1.82) is 0 Å². The lowest BCUT2D eigenvalue weighted by atomic mass is 9.85. The highest BCUT2D eigenvalue weighted by Crippen LogP contribution is 2.38. The molecule has 2 aromatic heterocycles. The molecule has 13 nitrogen and oxygen atoms in total. The summed E-state index contributed by atoms with van der Waals surface area (Å²) in [6.07, 6.45) is 11.3. The summed E-state index contributed by atoms with van der Waals surface area (Å²) >= 11 is 12.5. The molecule has 4 aliphatic rings. The number of carbonyl (C=O) groups is 4. The molecule has 1 saturated carbocycles. The zero-order chi connectivity index (χ0) is 40.0. The van der Waals surface area contributed by atoms with Crippen molar-refractivity contribution >= 4 is 58.3 Å². The monoisotopic (exact) mass is 816 g/mol. The fraction of sp³-hybridized carbons (Fsp3) is 0.415. The first kappa shape index (κ1) is 38.8. The van der Waals surface area contributed by atoms with Gasteiger partial charge in [0.25, 0.3) is 11.8 Å². The molecule has 16 heteroatoms. The largest absolute Gasteiger partial charge is 0.482 e. The molecule has 8 rings (SSSR count). The Balaban J connectivity index is 0.837. The van der Waals surface area contributed by atoms with Gasteiger partial charge < -0.3 is 20.7 Å². The van der Waals surface area contributed by atoms with Gasteiger partial charge in [0.1, 0.15) is 18.0 Å². The average molecular weight is 818 g/mol. The number of nitrogens with two attached hydrogens (primary N) is 1. The topological polar surface area (TPSA) is 165 Å². The molecule has 0 spiro atoms. The van der Waals surface area contributed by atoms with E-state index < -0.39 is 41.6 Å². The third-order valence-corrected chi connectivity index (χ3v) is 12.3. The number of fused-ring (bicyclic) bond motifs is 1. The number of amides is 4. The number of hydrogen-bond donors (Lipinski definition) is 3. The molecule has 2 aromatic carbocycles. The van der Waals surface area contributed by atoms with Gasteiger partial charge in [-0.3, -0.25) is 34.1 Å². The highest BCUT2D eigenvalue weighted by atomic mass is 35.5. The molecular weight excluding hydrogens is 774 g/mol. The zero-order valence-corrected chi connectivity index (χ0v) is 32.9. The molecular formula is C41H43Cl2FN8O5. The van der Waals surface area contributed by atoms with Crippen LogP contribution in [0, 0.1) is 11.7 Å². The van der Waals surface area contributed by atoms with Crippen molar-refractivity contribution in [3.63, 3.8) is 0 Å². The Hall–Kier alpha value is -5.05. The first-order valence-corrected chi connectivity index (χ1v) is 20.1. The lowest BCUT2D eigenvalue weighted by Crippen LogP contribution is -2.54. The molecule has 3 aliphatic heterocycles. The fourth-order valence-electron chi connectivity index (χ4n) is 8.65. The normalized spacial score (nSPS) is 23.3. The number of carbonyl (C=O) groups excluding carboxylic acids is 4. The number of anilines is 2. The summed E-state index contributed by atoms with van der Waals surface area (Å²) < 4.78 is 22.3. The van der Waals surface area contributed by atoms with Gasteiger partial charge in [-0.1, -0.05) is 23.2 Å². The molecule has 2 saturated heterocycles. The summed E-state index contributed by atoms with van der Waals surface area (Å²) in [7, 11) is 0. The van der Waals surface area contributed by atoms with E-state index in [1.54, 1.807) is 31.3 Å². The zero-order valence-electron chi connectivity index (χ0n) is 31.3. The number of benzene rings is 2. The van der Waals surface area contributed by atoms with E-state index in [1.807, 2.05) is 23.1 Å². The lowest BCUT2D eigenvalue weighted by Gasteiger charge is -2.37.